The molecule has 3 N–H and O–H groups in total. The normalized spacial score (nSPS) is 11.8. The number of carbonyl (C=O) groups excluding carboxylic acids is 2. The third kappa shape index (κ3) is 5.40. The van der Waals surface area contributed by atoms with Crippen LogP contribution in [0, 0.1) is 0 Å². The lowest BCUT2D eigenvalue weighted by molar-refractivity contribution is -0.137. The number of nitrogens with one attached hydrogen (secondary N) is 2. The first-order valence-electron chi connectivity index (χ1n) is 7.47. The Kier molecular flexibility index (Phi) is 6.19. The molecule has 1 aromatic carbocycles. The molecule has 0 saturated heterocycles. The van der Waals surface area contributed by atoms with Crippen molar-refractivity contribution in [3.63, 3.8) is 0 Å². The standard InChI is InChI=1S/C17H19N5O3/c1-22(2)16(24)15(23)12-8-9-14(18-10-12)11-19-21-17(25)20-13-6-4-3-5-7-13/h3-11,15,23H,1-2H3,(H2,20,21,25). The van der Waals surface area contributed by atoms with E-state index in [-0.39, 0.29) is 0 Å². The molecule has 130 valence electrons. The van der Waals surface area contributed by atoms with E-state index < -0.39 is 18.0 Å². The number of rotatable bonds is 5. The molecule has 0 saturated carbocycles. The van der Waals surface area contributed by atoms with Gasteiger partial charge in [-0.1, -0.05) is 24.3 Å². The second-order valence-electron chi connectivity index (χ2n) is 5.34. The van der Waals surface area contributed by atoms with Gasteiger partial charge in [-0.3, -0.25) is 9.78 Å². The molecule has 0 fully saturated rings. The third-order valence-electron chi connectivity index (χ3n) is 3.19. The van der Waals surface area contributed by atoms with Gasteiger partial charge in [-0.05, 0) is 18.2 Å². The number of anilines is 1. The van der Waals surface area contributed by atoms with Gasteiger partial charge in [0.05, 0.1) is 11.9 Å². The van der Waals surface area contributed by atoms with Crippen molar-refractivity contribution >= 4 is 23.8 Å². The molecule has 0 spiro atoms. The van der Waals surface area contributed by atoms with Crippen molar-refractivity contribution in [1.82, 2.24) is 15.3 Å². The minimum atomic E-state index is -1.26. The predicted octanol–water partition coefficient (Wildman–Crippen LogP) is 1.36. The summed E-state index contributed by atoms with van der Waals surface area (Å²) in [6.07, 6.45) is 1.48. The number of pyridine rings is 1. The Morgan fingerprint density at radius 1 is 1.20 bits per heavy atom. The highest BCUT2D eigenvalue weighted by Gasteiger charge is 2.19. The van der Waals surface area contributed by atoms with E-state index >= 15 is 0 Å². The Bertz CT molecular complexity index is 745. The maximum atomic E-state index is 11.7. The van der Waals surface area contributed by atoms with Crippen LogP contribution in [0.15, 0.2) is 53.8 Å². The number of urea groups is 1. The molecule has 1 unspecified atom stereocenters. The number of aromatic nitrogens is 1. The Morgan fingerprint density at radius 2 is 1.92 bits per heavy atom. The number of benzene rings is 1. The Hall–Kier alpha value is -3.26. The van der Waals surface area contributed by atoms with Crippen LogP contribution in [0.3, 0.4) is 0 Å². The summed E-state index contributed by atoms with van der Waals surface area (Å²) in [4.78, 5) is 28.7. The summed E-state index contributed by atoms with van der Waals surface area (Å²) in [6, 6.07) is 11.6. The second kappa shape index (κ2) is 8.55. The number of para-hydroxylation sites is 1. The van der Waals surface area contributed by atoms with E-state index in [0.29, 0.717) is 16.9 Å². The monoisotopic (exact) mass is 341 g/mol. The van der Waals surface area contributed by atoms with Crippen LogP contribution in [0.4, 0.5) is 10.5 Å². The van der Waals surface area contributed by atoms with Crippen molar-refractivity contribution in [2.45, 2.75) is 6.10 Å². The van der Waals surface area contributed by atoms with Crippen molar-refractivity contribution in [3.05, 3.63) is 59.9 Å². The van der Waals surface area contributed by atoms with Gasteiger partial charge in [0, 0.05) is 31.5 Å². The average molecular weight is 341 g/mol. The van der Waals surface area contributed by atoms with Gasteiger partial charge >= 0.3 is 6.03 Å². The molecule has 1 heterocycles. The molecular weight excluding hydrogens is 322 g/mol. The minimum absolute atomic E-state index is 0.380. The molecule has 2 rings (SSSR count). The van der Waals surface area contributed by atoms with Crippen LogP contribution in [0.5, 0.6) is 0 Å². The number of carbonyl (C=O) groups is 2. The van der Waals surface area contributed by atoms with E-state index in [0.717, 1.165) is 0 Å². The lowest BCUT2D eigenvalue weighted by atomic mass is 10.1. The van der Waals surface area contributed by atoms with Gasteiger partial charge < -0.3 is 15.3 Å². The van der Waals surface area contributed by atoms with E-state index in [2.05, 4.69) is 20.8 Å². The zero-order valence-electron chi connectivity index (χ0n) is 13.9. The Balaban J connectivity index is 1.89. The zero-order valence-corrected chi connectivity index (χ0v) is 13.9. The van der Waals surface area contributed by atoms with Crippen LogP contribution in [0.1, 0.15) is 17.4 Å². The van der Waals surface area contributed by atoms with E-state index in [9.17, 15) is 14.7 Å². The highest BCUT2D eigenvalue weighted by Crippen LogP contribution is 2.13. The summed E-state index contributed by atoms with van der Waals surface area (Å²) < 4.78 is 0. The van der Waals surface area contributed by atoms with Gasteiger partial charge in [-0.15, -0.1) is 0 Å². The summed E-state index contributed by atoms with van der Waals surface area (Å²) in [5.41, 5.74) is 3.82. The van der Waals surface area contributed by atoms with Gasteiger partial charge in [0.15, 0.2) is 6.10 Å². The molecule has 1 atom stereocenters. The lowest BCUT2D eigenvalue weighted by Crippen LogP contribution is -2.28. The van der Waals surface area contributed by atoms with Crippen LogP contribution < -0.4 is 10.7 Å². The molecule has 8 nitrogen and oxygen atoms in total. The summed E-state index contributed by atoms with van der Waals surface area (Å²) >= 11 is 0. The maximum absolute atomic E-state index is 11.7. The Labute approximate surface area is 145 Å². The fourth-order valence-corrected chi connectivity index (χ4v) is 1.88. The number of nitrogens with zero attached hydrogens (tertiary/aromatic N) is 3. The van der Waals surface area contributed by atoms with E-state index in [1.807, 2.05) is 6.07 Å². The molecule has 3 amide bonds. The highest BCUT2D eigenvalue weighted by molar-refractivity contribution is 5.90. The number of hydrazone groups is 1. The molecule has 0 aliphatic carbocycles. The Morgan fingerprint density at radius 3 is 2.52 bits per heavy atom. The lowest BCUT2D eigenvalue weighted by Gasteiger charge is -2.15. The highest BCUT2D eigenvalue weighted by atomic mass is 16.3. The van der Waals surface area contributed by atoms with Gasteiger partial charge in [0.1, 0.15) is 0 Å². The second-order valence-corrected chi connectivity index (χ2v) is 5.34. The number of hydrogen-bond acceptors (Lipinski definition) is 5. The third-order valence-corrected chi connectivity index (χ3v) is 3.19. The predicted molar refractivity (Wildman–Crippen MR) is 94.1 cm³/mol. The van der Waals surface area contributed by atoms with Crippen LogP contribution in [-0.2, 0) is 4.79 Å². The SMILES string of the molecule is CN(C)C(=O)C(O)c1ccc(C=NNC(=O)Nc2ccccc2)nc1. The van der Waals surface area contributed by atoms with Crippen molar-refractivity contribution in [3.8, 4) is 0 Å². The summed E-state index contributed by atoms with van der Waals surface area (Å²) in [6.45, 7) is 0. The van der Waals surface area contributed by atoms with E-state index in [1.54, 1.807) is 50.5 Å². The van der Waals surface area contributed by atoms with Gasteiger partial charge in [0.25, 0.3) is 5.91 Å². The fourth-order valence-electron chi connectivity index (χ4n) is 1.88. The first-order valence-corrected chi connectivity index (χ1v) is 7.47. The van der Waals surface area contributed by atoms with Gasteiger partial charge in [-0.2, -0.15) is 5.10 Å². The smallest absolute Gasteiger partial charge is 0.339 e. The molecular formula is C17H19N5O3. The van der Waals surface area contributed by atoms with Crippen LogP contribution in [0.25, 0.3) is 0 Å². The maximum Gasteiger partial charge on any atom is 0.339 e. The number of likely N-dealkylation sites (N-methyl/N-ethyl adjacent to an activating group) is 1. The average Bonchev–Trinajstić information content (AvgIpc) is 2.62. The summed E-state index contributed by atoms with van der Waals surface area (Å²) in [5.74, 6) is -0.428. The molecule has 0 bridgehead atoms. The van der Waals surface area contributed by atoms with Crippen molar-refractivity contribution < 1.29 is 14.7 Å². The molecule has 0 aliphatic rings. The zero-order chi connectivity index (χ0) is 18.2. The van der Waals surface area contributed by atoms with Crippen molar-refractivity contribution in [2.75, 3.05) is 19.4 Å². The quantitative estimate of drug-likeness (QED) is 0.564. The number of amides is 3. The number of aliphatic hydroxyl groups is 1. The molecule has 2 aromatic rings. The summed E-state index contributed by atoms with van der Waals surface area (Å²) in [5, 5.41) is 16.3. The van der Waals surface area contributed by atoms with E-state index in [4.69, 9.17) is 0 Å². The molecule has 0 aliphatic heterocycles. The number of hydrogen-bond donors (Lipinski definition) is 3. The first kappa shape index (κ1) is 18.1. The van der Waals surface area contributed by atoms with E-state index in [1.165, 1.54) is 17.3 Å². The van der Waals surface area contributed by atoms with Crippen LogP contribution in [0.2, 0.25) is 0 Å². The molecule has 1 aromatic heterocycles. The molecule has 8 heteroatoms. The minimum Gasteiger partial charge on any atom is -0.378 e. The number of aliphatic hydroxyl groups excluding tert-OH is 1. The van der Waals surface area contributed by atoms with Crippen LogP contribution in [-0.4, -0.2) is 47.2 Å². The first-order chi connectivity index (χ1) is 12.0. The van der Waals surface area contributed by atoms with Gasteiger partial charge in [-0.25, -0.2) is 10.2 Å². The van der Waals surface area contributed by atoms with Crippen molar-refractivity contribution in [2.24, 2.45) is 5.10 Å². The summed E-state index contributed by atoms with van der Waals surface area (Å²) in [7, 11) is 3.12. The van der Waals surface area contributed by atoms with Crippen LogP contribution >= 0.6 is 0 Å². The molecule has 0 radical (unpaired) electrons. The van der Waals surface area contributed by atoms with Gasteiger partial charge in [0.2, 0.25) is 0 Å². The topological polar surface area (TPSA) is 107 Å². The fraction of sp³-hybridized carbons (Fsp3) is 0.176. The van der Waals surface area contributed by atoms with Crippen molar-refractivity contribution in [1.29, 1.82) is 0 Å². The largest absolute Gasteiger partial charge is 0.378 e. The molecule has 25 heavy (non-hydrogen) atoms.